The van der Waals surface area contributed by atoms with Crippen LogP contribution in [0, 0.1) is 28.6 Å². The van der Waals surface area contributed by atoms with Gasteiger partial charge in [-0.3, -0.25) is 9.59 Å². The van der Waals surface area contributed by atoms with Gasteiger partial charge in [0, 0.05) is 35.2 Å². The molecule has 8 unspecified atom stereocenters. The number of rotatable bonds is 6. The standard InChI is InChI=1S/C35H35ClF2O7S/c1-19-14-26-25-10-6-21-15-22(39)12-13-32(21,2)34(25,38)29(41)17-33(26,3)35(19,31(43)46-18-37)45-30(42)20-4-7-23(8-5-20)44-24-9-11-28(40)27(36)16-24/h4-9,11-13,16,19,25-26,29,40-41H,10,14-15,17-18H2,1-3H3. The number of phenolic OH excluding ortho intramolecular Hbond substituents is 1. The molecular weight excluding hydrogens is 638 g/mol. The van der Waals surface area contributed by atoms with Crippen LogP contribution in [0.4, 0.5) is 8.78 Å². The number of aliphatic hydroxyl groups is 1. The largest absolute Gasteiger partial charge is 0.506 e. The van der Waals surface area contributed by atoms with E-state index in [4.69, 9.17) is 21.1 Å². The van der Waals surface area contributed by atoms with Gasteiger partial charge in [-0.05, 0) is 86.3 Å². The predicted molar refractivity (Wildman–Crippen MR) is 169 cm³/mol. The van der Waals surface area contributed by atoms with Crippen LogP contribution in [-0.4, -0.2) is 50.5 Å². The number of ketones is 1. The van der Waals surface area contributed by atoms with Crippen LogP contribution in [0.1, 0.15) is 56.8 Å². The van der Waals surface area contributed by atoms with Gasteiger partial charge in [-0.1, -0.05) is 43.2 Å². The Morgan fingerprint density at radius 3 is 2.48 bits per heavy atom. The van der Waals surface area contributed by atoms with Gasteiger partial charge in [0.25, 0.3) is 0 Å². The molecule has 4 aliphatic carbocycles. The quantitative estimate of drug-likeness (QED) is 0.239. The highest BCUT2D eigenvalue weighted by Crippen LogP contribution is 2.71. The van der Waals surface area contributed by atoms with Crippen molar-refractivity contribution in [2.24, 2.45) is 28.6 Å². The molecule has 0 heterocycles. The summed E-state index contributed by atoms with van der Waals surface area (Å²) in [6, 6.07) is 9.30. The molecule has 0 aromatic heterocycles. The zero-order valence-electron chi connectivity index (χ0n) is 25.6. The molecule has 4 aliphatic rings. The third-order valence-corrected chi connectivity index (χ3v) is 12.1. The molecule has 11 heteroatoms. The van der Waals surface area contributed by atoms with E-state index < -0.39 is 63.0 Å². The van der Waals surface area contributed by atoms with Crippen LogP contribution in [-0.2, 0) is 14.3 Å². The number of aromatic hydroxyl groups is 1. The van der Waals surface area contributed by atoms with E-state index in [2.05, 4.69) is 0 Å². The summed E-state index contributed by atoms with van der Waals surface area (Å²) in [6.07, 6.45) is 3.70. The highest BCUT2D eigenvalue weighted by Gasteiger charge is 2.77. The van der Waals surface area contributed by atoms with Crippen molar-refractivity contribution in [2.75, 3.05) is 6.01 Å². The van der Waals surface area contributed by atoms with Gasteiger partial charge in [-0.25, -0.2) is 13.6 Å². The van der Waals surface area contributed by atoms with Crippen molar-refractivity contribution in [3.05, 3.63) is 76.9 Å². The Balaban J connectivity index is 1.33. The number of ether oxygens (including phenoxy) is 2. The van der Waals surface area contributed by atoms with Crippen LogP contribution in [0.5, 0.6) is 17.2 Å². The maximum atomic E-state index is 17.6. The Morgan fingerprint density at radius 2 is 1.80 bits per heavy atom. The van der Waals surface area contributed by atoms with Gasteiger partial charge < -0.3 is 19.7 Å². The topological polar surface area (TPSA) is 110 Å². The lowest BCUT2D eigenvalue weighted by Gasteiger charge is -2.62. The van der Waals surface area contributed by atoms with E-state index in [1.807, 2.05) is 6.08 Å². The Kier molecular flexibility index (Phi) is 8.17. The molecule has 6 rings (SSSR count). The molecule has 2 aromatic rings. The lowest BCUT2D eigenvalue weighted by Crippen LogP contribution is -2.69. The monoisotopic (exact) mass is 672 g/mol. The van der Waals surface area contributed by atoms with E-state index in [1.165, 1.54) is 48.5 Å². The number of aliphatic hydroxyl groups excluding tert-OH is 1. The third-order valence-electron chi connectivity index (χ3n) is 11.1. The number of alkyl halides is 2. The minimum absolute atomic E-state index is 0.0795. The Morgan fingerprint density at radius 1 is 1.11 bits per heavy atom. The number of halogens is 3. The highest BCUT2D eigenvalue weighted by molar-refractivity contribution is 8.13. The molecule has 0 spiro atoms. The van der Waals surface area contributed by atoms with Gasteiger partial charge in [0.05, 0.1) is 16.7 Å². The second-order valence-corrected chi connectivity index (χ2v) is 14.6. The summed E-state index contributed by atoms with van der Waals surface area (Å²) < 4.78 is 43.3. The third kappa shape index (κ3) is 4.65. The number of carbonyl (C=O) groups excluding carboxylic acids is 3. The SMILES string of the molecule is CC1CC2C3CC=C4CC(=O)C=CC4(C)C3(F)C(O)CC2(C)C1(OC(=O)c1ccc(Oc2ccc(O)c(Cl)c2)cc1)C(=O)SCF. The zero-order chi connectivity index (χ0) is 33.2. The van der Waals surface area contributed by atoms with Gasteiger partial charge in [0.1, 0.15) is 23.3 Å². The zero-order valence-corrected chi connectivity index (χ0v) is 27.2. The van der Waals surface area contributed by atoms with Crippen LogP contribution in [0.3, 0.4) is 0 Å². The lowest BCUT2D eigenvalue weighted by molar-refractivity contribution is -0.211. The number of carbonyl (C=O) groups is 3. The molecule has 0 saturated heterocycles. The molecule has 2 N–H and O–H groups in total. The van der Waals surface area contributed by atoms with Crippen molar-refractivity contribution in [2.45, 2.75) is 63.8 Å². The van der Waals surface area contributed by atoms with E-state index in [1.54, 1.807) is 26.8 Å². The molecule has 2 fully saturated rings. The first-order chi connectivity index (χ1) is 21.7. The van der Waals surface area contributed by atoms with E-state index in [9.17, 15) is 29.0 Å². The molecule has 2 saturated carbocycles. The summed E-state index contributed by atoms with van der Waals surface area (Å²) in [7, 11) is 0. The Labute approximate surface area is 275 Å². The summed E-state index contributed by atoms with van der Waals surface area (Å²) in [5.74, 6) is -2.18. The normalized spacial score (nSPS) is 36.2. The first kappa shape index (κ1) is 32.7. The summed E-state index contributed by atoms with van der Waals surface area (Å²) >= 11 is 6.37. The van der Waals surface area contributed by atoms with Crippen LogP contribution >= 0.6 is 23.4 Å². The van der Waals surface area contributed by atoms with Crippen molar-refractivity contribution >= 4 is 40.2 Å². The fourth-order valence-electron chi connectivity index (χ4n) is 8.84. The van der Waals surface area contributed by atoms with Crippen molar-refractivity contribution in [1.82, 2.24) is 0 Å². The summed E-state index contributed by atoms with van der Waals surface area (Å²) in [4.78, 5) is 39.9. The van der Waals surface area contributed by atoms with Crippen LogP contribution in [0.2, 0.25) is 5.02 Å². The van der Waals surface area contributed by atoms with E-state index in [-0.39, 0.29) is 41.4 Å². The summed E-state index contributed by atoms with van der Waals surface area (Å²) in [5, 5.41) is 20.8. The number of fused-ring (bicyclic) bond motifs is 5. The van der Waals surface area contributed by atoms with Crippen LogP contribution in [0.15, 0.2) is 66.3 Å². The van der Waals surface area contributed by atoms with E-state index in [0.29, 0.717) is 35.3 Å². The van der Waals surface area contributed by atoms with E-state index in [0.717, 1.165) is 0 Å². The average Bonchev–Trinajstić information content (AvgIpc) is 3.22. The average molecular weight is 673 g/mol. The fourth-order valence-corrected chi connectivity index (χ4v) is 9.80. The number of hydrogen-bond acceptors (Lipinski definition) is 8. The second kappa shape index (κ2) is 11.5. The number of esters is 1. The maximum absolute atomic E-state index is 17.6. The van der Waals surface area contributed by atoms with Gasteiger partial charge >= 0.3 is 5.97 Å². The molecule has 2 aromatic carbocycles. The van der Waals surface area contributed by atoms with Crippen molar-refractivity contribution in [3.8, 4) is 17.2 Å². The van der Waals surface area contributed by atoms with Crippen molar-refractivity contribution < 1.29 is 42.9 Å². The molecule has 0 aliphatic heterocycles. The van der Waals surface area contributed by atoms with Crippen LogP contribution < -0.4 is 4.74 Å². The number of thioether (sulfide) groups is 1. The van der Waals surface area contributed by atoms with Gasteiger partial charge in [-0.15, -0.1) is 0 Å². The second-order valence-electron chi connectivity index (χ2n) is 13.3. The first-order valence-electron chi connectivity index (χ1n) is 15.2. The highest BCUT2D eigenvalue weighted by atomic mass is 35.5. The molecule has 0 radical (unpaired) electrons. The molecule has 244 valence electrons. The number of allylic oxidation sites excluding steroid dienone is 4. The number of hydrogen-bond donors (Lipinski definition) is 2. The Bertz CT molecular complexity index is 1660. The van der Waals surface area contributed by atoms with Crippen molar-refractivity contribution in [3.63, 3.8) is 0 Å². The summed E-state index contributed by atoms with van der Waals surface area (Å²) in [6.45, 7) is 5.21. The molecule has 46 heavy (non-hydrogen) atoms. The number of phenols is 1. The molecule has 8 atom stereocenters. The Hall–Kier alpha value is -3.21. The van der Waals surface area contributed by atoms with Crippen LogP contribution in [0.25, 0.3) is 0 Å². The maximum Gasteiger partial charge on any atom is 0.339 e. The molecule has 0 bridgehead atoms. The summed E-state index contributed by atoms with van der Waals surface area (Å²) in [5.41, 5.74) is -5.68. The lowest BCUT2D eigenvalue weighted by atomic mass is 9.45. The fraction of sp³-hybridized carbons (Fsp3) is 0.457. The molecule has 7 nitrogen and oxygen atoms in total. The number of benzene rings is 2. The van der Waals surface area contributed by atoms with Gasteiger partial charge in [0.15, 0.2) is 17.1 Å². The molecular formula is C35H35ClF2O7S. The minimum atomic E-state index is -2.13. The van der Waals surface area contributed by atoms with Gasteiger partial charge in [-0.2, -0.15) is 0 Å². The predicted octanol–water partition coefficient (Wildman–Crippen LogP) is 7.54. The van der Waals surface area contributed by atoms with E-state index >= 15 is 4.39 Å². The smallest absolute Gasteiger partial charge is 0.339 e. The van der Waals surface area contributed by atoms with Crippen molar-refractivity contribution in [1.29, 1.82) is 0 Å². The molecule has 0 amide bonds. The van der Waals surface area contributed by atoms with Gasteiger partial charge in [0.2, 0.25) is 5.12 Å². The first-order valence-corrected chi connectivity index (χ1v) is 16.6. The minimum Gasteiger partial charge on any atom is -0.506 e.